The molecular weight excluding hydrogens is 387 g/mol. The molecule has 1 aromatic rings. The fraction of sp³-hybridized carbons (Fsp3) is 0.375. The normalized spacial score (nSPS) is 18.1. The van der Waals surface area contributed by atoms with Crippen LogP contribution in [0.5, 0.6) is 0 Å². The Kier molecular flexibility index (Phi) is 6.48. The maximum atomic E-state index is 12.3. The molecule has 6 nitrogen and oxygen atoms in total. The summed E-state index contributed by atoms with van der Waals surface area (Å²) in [5.41, 5.74) is 0.515. The number of hydrogen-bond acceptors (Lipinski definition) is 4. The highest BCUT2D eigenvalue weighted by molar-refractivity contribution is 7.91. The summed E-state index contributed by atoms with van der Waals surface area (Å²) in [6, 6.07) is 4.24. The van der Waals surface area contributed by atoms with Gasteiger partial charge in [0, 0.05) is 34.8 Å². The van der Waals surface area contributed by atoms with Crippen molar-refractivity contribution in [2.45, 2.75) is 13.0 Å². The summed E-state index contributed by atoms with van der Waals surface area (Å²) in [5.74, 6) is -0.886. The molecule has 0 bridgehead atoms. The van der Waals surface area contributed by atoms with Gasteiger partial charge in [0.25, 0.3) is 0 Å². The third-order valence-corrected chi connectivity index (χ3v) is 6.05. The van der Waals surface area contributed by atoms with Crippen LogP contribution in [0.3, 0.4) is 0 Å². The Morgan fingerprint density at radius 3 is 2.32 bits per heavy atom. The number of rotatable bonds is 4. The number of benzene rings is 1. The minimum absolute atomic E-state index is 0.0513. The van der Waals surface area contributed by atoms with Crippen molar-refractivity contribution in [2.24, 2.45) is 0 Å². The molecule has 1 unspecified atom stereocenters. The van der Waals surface area contributed by atoms with E-state index in [0.29, 0.717) is 15.6 Å². The fourth-order valence-electron chi connectivity index (χ4n) is 2.36. The monoisotopic (exact) mass is 404 g/mol. The SMILES string of the molecule is CC(NC(=O)C=Cc1c(Cl)cccc1Cl)C(=O)N1CCS(=O)(=O)CC1. The number of nitrogens with one attached hydrogen (secondary N) is 1. The molecule has 1 aliphatic heterocycles. The van der Waals surface area contributed by atoms with Crippen LogP contribution in [0.2, 0.25) is 10.0 Å². The number of hydrogen-bond donors (Lipinski definition) is 1. The number of amides is 2. The summed E-state index contributed by atoms with van der Waals surface area (Å²) < 4.78 is 22.8. The van der Waals surface area contributed by atoms with Crippen LogP contribution in [-0.4, -0.2) is 55.8 Å². The van der Waals surface area contributed by atoms with E-state index in [2.05, 4.69) is 5.32 Å². The molecule has 0 aromatic heterocycles. The topological polar surface area (TPSA) is 83.6 Å². The number of halogens is 2. The first kappa shape index (κ1) is 19.8. The Morgan fingerprint density at radius 1 is 1.20 bits per heavy atom. The van der Waals surface area contributed by atoms with Gasteiger partial charge in [-0.3, -0.25) is 9.59 Å². The number of nitrogens with zero attached hydrogens (tertiary/aromatic N) is 1. The molecule has 1 aliphatic rings. The van der Waals surface area contributed by atoms with Gasteiger partial charge >= 0.3 is 0 Å². The zero-order valence-corrected chi connectivity index (χ0v) is 15.9. The lowest BCUT2D eigenvalue weighted by Crippen LogP contribution is -2.51. The molecule has 0 saturated carbocycles. The molecule has 1 atom stereocenters. The first-order chi connectivity index (χ1) is 11.7. The highest BCUT2D eigenvalue weighted by Crippen LogP contribution is 2.25. The second-order valence-electron chi connectivity index (χ2n) is 5.68. The zero-order chi connectivity index (χ0) is 18.6. The summed E-state index contributed by atoms with van der Waals surface area (Å²) >= 11 is 12.0. The predicted molar refractivity (Wildman–Crippen MR) is 98.3 cm³/mol. The van der Waals surface area contributed by atoms with E-state index in [9.17, 15) is 18.0 Å². The van der Waals surface area contributed by atoms with Gasteiger partial charge in [0.15, 0.2) is 9.84 Å². The van der Waals surface area contributed by atoms with Crippen LogP contribution in [0.15, 0.2) is 24.3 Å². The van der Waals surface area contributed by atoms with Gasteiger partial charge in [-0.1, -0.05) is 29.3 Å². The minimum Gasteiger partial charge on any atom is -0.341 e. The van der Waals surface area contributed by atoms with E-state index in [4.69, 9.17) is 23.2 Å². The first-order valence-electron chi connectivity index (χ1n) is 7.61. The van der Waals surface area contributed by atoms with E-state index >= 15 is 0 Å². The quantitative estimate of drug-likeness (QED) is 0.774. The Labute approximate surface area is 156 Å². The number of carbonyl (C=O) groups is 2. The van der Waals surface area contributed by atoms with E-state index in [0.717, 1.165) is 0 Å². The van der Waals surface area contributed by atoms with Crippen LogP contribution in [0.4, 0.5) is 0 Å². The van der Waals surface area contributed by atoms with E-state index in [1.807, 2.05) is 0 Å². The molecular formula is C16H18Cl2N2O4S. The summed E-state index contributed by atoms with van der Waals surface area (Å²) in [6.45, 7) is 1.85. The maximum absolute atomic E-state index is 12.3. The molecule has 1 saturated heterocycles. The summed E-state index contributed by atoms with van der Waals surface area (Å²) in [4.78, 5) is 25.7. The molecule has 2 rings (SSSR count). The van der Waals surface area contributed by atoms with Crippen LogP contribution in [0.1, 0.15) is 12.5 Å². The van der Waals surface area contributed by atoms with Gasteiger partial charge in [-0.25, -0.2) is 8.42 Å². The Bertz CT molecular complexity index is 774. The fourth-order valence-corrected chi connectivity index (χ4v) is 4.08. The minimum atomic E-state index is -3.06. The lowest BCUT2D eigenvalue weighted by molar-refractivity contribution is -0.134. The zero-order valence-electron chi connectivity index (χ0n) is 13.5. The molecule has 9 heteroatoms. The van der Waals surface area contributed by atoms with Crippen molar-refractivity contribution < 1.29 is 18.0 Å². The molecule has 1 heterocycles. The summed E-state index contributed by atoms with van der Waals surface area (Å²) in [5, 5.41) is 3.38. The number of sulfone groups is 1. The van der Waals surface area contributed by atoms with Crippen LogP contribution in [0, 0.1) is 0 Å². The summed E-state index contributed by atoms with van der Waals surface area (Å²) in [6.07, 6.45) is 2.72. The van der Waals surface area contributed by atoms with E-state index in [1.54, 1.807) is 25.1 Å². The van der Waals surface area contributed by atoms with Gasteiger partial charge in [0.1, 0.15) is 6.04 Å². The molecule has 1 N–H and O–H groups in total. The third kappa shape index (κ3) is 5.45. The van der Waals surface area contributed by atoms with Gasteiger partial charge in [-0.15, -0.1) is 0 Å². The van der Waals surface area contributed by atoms with Gasteiger partial charge in [0.2, 0.25) is 11.8 Å². The lowest BCUT2D eigenvalue weighted by Gasteiger charge is -2.29. The average Bonchev–Trinajstić information content (AvgIpc) is 2.53. The first-order valence-corrected chi connectivity index (χ1v) is 10.2. The Hall–Kier alpha value is -1.57. The molecule has 2 amide bonds. The van der Waals surface area contributed by atoms with Gasteiger partial charge in [-0.2, -0.15) is 0 Å². The van der Waals surface area contributed by atoms with Crippen molar-refractivity contribution in [1.29, 1.82) is 0 Å². The van der Waals surface area contributed by atoms with Crippen molar-refractivity contribution in [3.63, 3.8) is 0 Å². The molecule has 136 valence electrons. The largest absolute Gasteiger partial charge is 0.341 e. The van der Waals surface area contributed by atoms with Gasteiger partial charge < -0.3 is 10.2 Å². The number of carbonyl (C=O) groups excluding carboxylic acids is 2. The van der Waals surface area contributed by atoms with Crippen LogP contribution in [0.25, 0.3) is 6.08 Å². The maximum Gasteiger partial charge on any atom is 0.244 e. The molecule has 1 aromatic carbocycles. The average molecular weight is 405 g/mol. The molecule has 0 radical (unpaired) electrons. The molecule has 0 aliphatic carbocycles. The lowest BCUT2D eigenvalue weighted by atomic mass is 10.2. The third-order valence-electron chi connectivity index (χ3n) is 3.79. The standard InChI is InChI=1S/C16H18Cl2N2O4S/c1-11(16(22)20-7-9-25(23,24)10-8-20)19-15(21)6-5-12-13(17)3-2-4-14(12)18/h2-6,11H,7-10H2,1H3,(H,19,21). The van der Waals surface area contributed by atoms with Crippen LogP contribution in [-0.2, 0) is 19.4 Å². The predicted octanol–water partition coefficient (Wildman–Crippen LogP) is 1.77. The second kappa shape index (κ2) is 8.21. The summed E-state index contributed by atoms with van der Waals surface area (Å²) in [7, 11) is -3.06. The molecule has 0 spiro atoms. The van der Waals surface area contributed by atoms with Crippen LogP contribution >= 0.6 is 23.2 Å². The second-order valence-corrected chi connectivity index (χ2v) is 8.79. The molecule has 25 heavy (non-hydrogen) atoms. The highest BCUT2D eigenvalue weighted by atomic mass is 35.5. The smallest absolute Gasteiger partial charge is 0.244 e. The highest BCUT2D eigenvalue weighted by Gasteiger charge is 2.28. The van der Waals surface area contributed by atoms with Crippen molar-refractivity contribution in [3.05, 3.63) is 39.9 Å². The van der Waals surface area contributed by atoms with Crippen molar-refractivity contribution in [3.8, 4) is 0 Å². The van der Waals surface area contributed by atoms with Crippen molar-refractivity contribution in [1.82, 2.24) is 10.2 Å². The van der Waals surface area contributed by atoms with E-state index in [1.165, 1.54) is 17.1 Å². The van der Waals surface area contributed by atoms with E-state index < -0.39 is 21.8 Å². The Morgan fingerprint density at radius 2 is 1.76 bits per heavy atom. The van der Waals surface area contributed by atoms with E-state index in [-0.39, 0.29) is 30.5 Å². The van der Waals surface area contributed by atoms with Crippen LogP contribution < -0.4 is 5.32 Å². The van der Waals surface area contributed by atoms with Crippen molar-refractivity contribution >= 4 is 50.9 Å². The van der Waals surface area contributed by atoms with Gasteiger partial charge in [0.05, 0.1) is 11.5 Å². The van der Waals surface area contributed by atoms with Gasteiger partial charge in [-0.05, 0) is 25.1 Å². The molecule has 1 fully saturated rings. The Balaban J connectivity index is 1.94. The van der Waals surface area contributed by atoms with Crippen molar-refractivity contribution in [2.75, 3.05) is 24.6 Å².